The van der Waals surface area contributed by atoms with Gasteiger partial charge in [-0.2, -0.15) is 0 Å². The summed E-state index contributed by atoms with van der Waals surface area (Å²) in [6, 6.07) is 0.694. The molecule has 0 aromatic rings. The van der Waals surface area contributed by atoms with Crippen molar-refractivity contribution < 1.29 is 4.74 Å². The van der Waals surface area contributed by atoms with E-state index < -0.39 is 0 Å². The summed E-state index contributed by atoms with van der Waals surface area (Å²) in [5.74, 6) is 0. The van der Waals surface area contributed by atoms with Crippen LogP contribution in [-0.4, -0.2) is 67.1 Å². The molecule has 0 spiro atoms. The van der Waals surface area contributed by atoms with Crippen LogP contribution in [0.5, 0.6) is 0 Å². The van der Waals surface area contributed by atoms with Crippen molar-refractivity contribution >= 4 is 15.9 Å². The van der Waals surface area contributed by atoms with Crippen LogP contribution in [0.1, 0.15) is 25.7 Å². The van der Waals surface area contributed by atoms with Gasteiger partial charge in [-0.25, -0.2) is 0 Å². The van der Waals surface area contributed by atoms with Gasteiger partial charge in [-0.05, 0) is 26.9 Å². The summed E-state index contributed by atoms with van der Waals surface area (Å²) in [7, 11) is 4.44. The van der Waals surface area contributed by atoms with Crippen molar-refractivity contribution in [2.75, 3.05) is 40.3 Å². The molecule has 1 saturated heterocycles. The van der Waals surface area contributed by atoms with E-state index in [2.05, 4.69) is 39.8 Å². The van der Waals surface area contributed by atoms with Crippen LogP contribution in [0.4, 0.5) is 0 Å². The summed E-state index contributed by atoms with van der Waals surface area (Å²) in [6.45, 7) is 4.10. The van der Waals surface area contributed by atoms with Crippen LogP contribution < -0.4 is 0 Å². The second-order valence-corrected chi connectivity index (χ2v) is 6.74. The SMILES string of the molecule is CN1CCOC(CN(C)C2CCCCC2Br)C1. The van der Waals surface area contributed by atoms with Crippen LogP contribution in [0.25, 0.3) is 0 Å². The van der Waals surface area contributed by atoms with Crippen molar-refractivity contribution in [3.05, 3.63) is 0 Å². The Labute approximate surface area is 114 Å². The minimum atomic E-state index is 0.389. The van der Waals surface area contributed by atoms with E-state index >= 15 is 0 Å². The molecule has 1 saturated carbocycles. The van der Waals surface area contributed by atoms with Gasteiger partial charge in [-0.15, -0.1) is 0 Å². The standard InChI is InChI=1S/C13H25BrN2O/c1-15-7-8-17-11(9-15)10-16(2)13-6-4-3-5-12(13)14/h11-13H,3-10H2,1-2H3. The van der Waals surface area contributed by atoms with E-state index in [-0.39, 0.29) is 0 Å². The molecule has 100 valence electrons. The minimum Gasteiger partial charge on any atom is -0.374 e. The molecule has 0 amide bonds. The van der Waals surface area contributed by atoms with Crippen molar-refractivity contribution in [2.45, 2.75) is 42.7 Å². The first-order chi connectivity index (χ1) is 8.16. The Balaban J connectivity index is 1.80. The molecule has 3 nitrogen and oxygen atoms in total. The lowest BCUT2D eigenvalue weighted by molar-refractivity contribution is -0.0386. The molecule has 0 bridgehead atoms. The number of ether oxygens (including phenoxy) is 1. The van der Waals surface area contributed by atoms with Gasteiger partial charge >= 0.3 is 0 Å². The number of rotatable bonds is 3. The summed E-state index contributed by atoms with van der Waals surface area (Å²) >= 11 is 3.84. The zero-order valence-corrected chi connectivity index (χ0v) is 12.7. The van der Waals surface area contributed by atoms with Crippen LogP contribution in [0.2, 0.25) is 0 Å². The molecule has 3 atom stereocenters. The molecule has 0 aromatic carbocycles. The number of halogens is 1. The Morgan fingerprint density at radius 2 is 2.12 bits per heavy atom. The Kier molecular flexibility index (Phi) is 5.27. The third-order valence-electron chi connectivity index (χ3n) is 4.05. The highest BCUT2D eigenvalue weighted by atomic mass is 79.9. The molecule has 1 heterocycles. The maximum Gasteiger partial charge on any atom is 0.0829 e. The Hall–Kier alpha value is 0.360. The summed E-state index contributed by atoms with van der Waals surface area (Å²) < 4.78 is 5.85. The molecule has 2 fully saturated rings. The second kappa shape index (κ2) is 6.50. The van der Waals surface area contributed by atoms with Crippen LogP contribution in [0, 0.1) is 0 Å². The summed E-state index contributed by atoms with van der Waals surface area (Å²) in [5, 5.41) is 0. The van der Waals surface area contributed by atoms with E-state index in [1.54, 1.807) is 0 Å². The van der Waals surface area contributed by atoms with E-state index in [1.165, 1.54) is 25.7 Å². The maximum atomic E-state index is 5.85. The zero-order chi connectivity index (χ0) is 12.3. The first-order valence-corrected chi connectivity index (χ1v) is 7.73. The van der Waals surface area contributed by atoms with Gasteiger partial charge in [0.1, 0.15) is 0 Å². The zero-order valence-electron chi connectivity index (χ0n) is 11.1. The lowest BCUT2D eigenvalue weighted by Gasteiger charge is -2.39. The van der Waals surface area contributed by atoms with Crippen molar-refractivity contribution in [3.8, 4) is 0 Å². The van der Waals surface area contributed by atoms with Gasteiger partial charge in [0.25, 0.3) is 0 Å². The van der Waals surface area contributed by atoms with Gasteiger partial charge in [0.2, 0.25) is 0 Å². The molecule has 0 aromatic heterocycles. The highest BCUT2D eigenvalue weighted by Crippen LogP contribution is 2.28. The molecule has 2 rings (SSSR count). The fourth-order valence-electron chi connectivity index (χ4n) is 3.00. The lowest BCUT2D eigenvalue weighted by atomic mass is 9.94. The van der Waals surface area contributed by atoms with Gasteiger partial charge in [0.15, 0.2) is 0 Å². The number of hydrogen-bond donors (Lipinski definition) is 0. The third-order valence-corrected chi connectivity index (χ3v) is 5.12. The average molecular weight is 305 g/mol. The van der Waals surface area contributed by atoms with Gasteiger partial charge < -0.3 is 9.64 Å². The van der Waals surface area contributed by atoms with Crippen LogP contribution in [0.3, 0.4) is 0 Å². The molecule has 3 unspecified atom stereocenters. The van der Waals surface area contributed by atoms with E-state index in [1.807, 2.05) is 0 Å². The Bertz CT molecular complexity index is 239. The average Bonchev–Trinajstić information content (AvgIpc) is 2.29. The fourth-order valence-corrected chi connectivity index (χ4v) is 3.99. The molecule has 4 heteroatoms. The molecule has 0 N–H and O–H groups in total. The minimum absolute atomic E-state index is 0.389. The quantitative estimate of drug-likeness (QED) is 0.741. The second-order valence-electron chi connectivity index (χ2n) is 5.56. The van der Waals surface area contributed by atoms with E-state index in [0.29, 0.717) is 17.0 Å². The van der Waals surface area contributed by atoms with Gasteiger partial charge in [0.05, 0.1) is 12.7 Å². The number of hydrogen-bond acceptors (Lipinski definition) is 3. The summed E-state index contributed by atoms with van der Waals surface area (Å²) in [4.78, 5) is 5.54. The van der Waals surface area contributed by atoms with E-state index in [0.717, 1.165) is 26.2 Å². The molecular weight excluding hydrogens is 280 g/mol. The predicted octanol–water partition coefficient (Wildman–Crippen LogP) is 1.95. The molecule has 2 aliphatic rings. The number of nitrogens with zero attached hydrogens (tertiary/aromatic N) is 2. The first kappa shape index (κ1) is 13.8. The monoisotopic (exact) mass is 304 g/mol. The smallest absolute Gasteiger partial charge is 0.0829 e. The third kappa shape index (κ3) is 3.91. The fraction of sp³-hybridized carbons (Fsp3) is 1.00. The van der Waals surface area contributed by atoms with Gasteiger partial charge in [-0.3, -0.25) is 4.90 Å². The molecule has 1 aliphatic heterocycles. The van der Waals surface area contributed by atoms with Gasteiger partial charge in [-0.1, -0.05) is 28.8 Å². The predicted molar refractivity (Wildman–Crippen MR) is 74.8 cm³/mol. The number of likely N-dealkylation sites (N-methyl/N-ethyl adjacent to an activating group) is 2. The topological polar surface area (TPSA) is 15.7 Å². The van der Waals surface area contributed by atoms with E-state index in [4.69, 9.17) is 4.74 Å². The van der Waals surface area contributed by atoms with E-state index in [9.17, 15) is 0 Å². The largest absolute Gasteiger partial charge is 0.374 e. The highest BCUT2D eigenvalue weighted by molar-refractivity contribution is 9.09. The molecule has 17 heavy (non-hydrogen) atoms. The van der Waals surface area contributed by atoms with Crippen LogP contribution in [-0.2, 0) is 4.74 Å². The lowest BCUT2D eigenvalue weighted by Crippen LogP contribution is -2.49. The normalized spacial score (nSPS) is 36.4. The van der Waals surface area contributed by atoms with Crippen molar-refractivity contribution in [1.82, 2.24) is 9.80 Å². The Morgan fingerprint density at radius 3 is 2.82 bits per heavy atom. The summed E-state index contributed by atoms with van der Waals surface area (Å²) in [5.41, 5.74) is 0. The first-order valence-electron chi connectivity index (χ1n) is 6.81. The van der Waals surface area contributed by atoms with Crippen molar-refractivity contribution in [1.29, 1.82) is 0 Å². The maximum absolute atomic E-state index is 5.85. The molecule has 0 radical (unpaired) electrons. The highest BCUT2D eigenvalue weighted by Gasteiger charge is 2.28. The van der Waals surface area contributed by atoms with Crippen molar-refractivity contribution in [2.24, 2.45) is 0 Å². The van der Waals surface area contributed by atoms with Gasteiger partial charge in [0, 0.05) is 30.5 Å². The van der Waals surface area contributed by atoms with Crippen LogP contribution >= 0.6 is 15.9 Å². The summed E-state index contributed by atoms with van der Waals surface area (Å²) in [6.07, 6.45) is 5.79. The van der Waals surface area contributed by atoms with Crippen LogP contribution in [0.15, 0.2) is 0 Å². The molecular formula is C13H25BrN2O. The number of morpholine rings is 1. The van der Waals surface area contributed by atoms with Crippen molar-refractivity contribution in [3.63, 3.8) is 0 Å². The number of alkyl halides is 1. The Morgan fingerprint density at radius 1 is 1.35 bits per heavy atom. The molecule has 1 aliphatic carbocycles.